The van der Waals surface area contributed by atoms with E-state index in [1.165, 1.54) is 0 Å². The fraction of sp³-hybridized carbons (Fsp3) is 0.538. The molecule has 0 amide bonds. The van der Waals surface area contributed by atoms with Crippen molar-refractivity contribution in [1.29, 1.82) is 0 Å². The van der Waals surface area contributed by atoms with Crippen LogP contribution in [0.2, 0.25) is 0 Å². The van der Waals surface area contributed by atoms with E-state index in [2.05, 4.69) is 4.74 Å². The third-order valence-corrected chi connectivity index (χ3v) is 2.97. The molecule has 1 atom stereocenters. The topological polar surface area (TPSA) is 38.7 Å². The van der Waals surface area contributed by atoms with Crippen molar-refractivity contribution in [3.05, 3.63) is 29.3 Å². The van der Waals surface area contributed by atoms with E-state index in [9.17, 15) is 18.3 Å². The molecular weight excluding hydrogens is 261 g/mol. The maximum absolute atomic E-state index is 11.8. The lowest BCUT2D eigenvalue weighted by Gasteiger charge is -2.22. The lowest BCUT2D eigenvalue weighted by molar-refractivity contribution is -0.186. The molecule has 106 valence electrons. The fourth-order valence-corrected chi connectivity index (χ4v) is 2.11. The van der Waals surface area contributed by atoms with Gasteiger partial charge in [0.15, 0.2) is 6.79 Å². The summed E-state index contributed by atoms with van der Waals surface area (Å²) in [5, 5.41) is 9.83. The standard InChI is InChI=1S/C13H15F3O3/c14-13(15,16)7-18-8-19-10-5-4-9-2-1-3-12(17)11(9)6-10/h4-6,12,17H,1-3,7-8H2/t12-/m1/s1. The maximum atomic E-state index is 11.8. The normalized spacial score (nSPS) is 19.1. The molecule has 1 aromatic carbocycles. The minimum atomic E-state index is -4.35. The van der Waals surface area contributed by atoms with E-state index in [1.807, 2.05) is 6.07 Å². The monoisotopic (exact) mass is 276 g/mol. The highest BCUT2D eigenvalue weighted by molar-refractivity contribution is 5.38. The molecule has 1 N–H and O–H groups in total. The van der Waals surface area contributed by atoms with Crippen LogP contribution in [0.4, 0.5) is 13.2 Å². The minimum Gasteiger partial charge on any atom is -0.468 e. The second-order valence-corrected chi connectivity index (χ2v) is 4.49. The third-order valence-electron chi connectivity index (χ3n) is 2.97. The highest BCUT2D eigenvalue weighted by atomic mass is 19.4. The molecule has 1 aliphatic carbocycles. The summed E-state index contributed by atoms with van der Waals surface area (Å²) in [7, 11) is 0. The Morgan fingerprint density at radius 3 is 2.84 bits per heavy atom. The highest BCUT2D eigenvalue weighted by Crippen LogP contribution is 2.32. The Bertz CT molecular complexity index is 432. The number of aryl methyl sites for hydroxylation is 1. The maximum Gasteiger partial charge on any atom is 0.411 e. The zero-order chi connectivity index (χ0) is 13.9. The smallest absolute Gasteiger partial charge is 0.411 e. The molecule has 19 heavy (non-hydrogen) atoms. The number of hydrogen-bond acceptors (Lipinski definition) is 3. The Morgan fingerprint density at radius 2 is 2.11 bits per heavy atom. The molecule has 0 aromatic heterocycles. The van der Waals surface area contributed by atoms with Crippen LogP contribution in [0.25, 0.3) is 0 Å². The van der Waals surface area contributed by atoms with Gasteiger partial charge in [-0.3, -0.25) is 0 Å². The highest BCUT2D eigenvalue weighted by Gasteiger charge is 2.27. The summed E-state index contributed by atoms with van der Waals surface area (Å²) in [5.41, 5.74) is 1.85. The first-order valence-corrected chi connectivity index (χ1v) is 6.04. The summed E-state index contributed by atoms with van der Waals surface area (Å²) in [4.78, 5) is 0. The summed E-state index contributed by atoms with van der Waals surface area (Å²) in [5.74, 6) is 0.405. The molecular formula is C13H15F3O3. The van der Waals surface area contributed by atoms with Gasteiger partial charge in [-0.1, -0.05) is 6.07 Å². The van der Waals surface area contributed by atoms with Crippen LogP contribution in [0, 0.1) is 0 Å². The molecule has 0 fully saturated rings. The number of ether oxygens (including phenoxy) is 2. The summed E-state index contributed by atoms with van der Waals surface area (Å²) in [6, 6.07) is 5.17. The average molecular weight is 276 g/mol. The van der Waals surface area contributed by atoms with Crippen LogP contribution in [0.15, 0.2) is 18.2 Å². The van der Waals surface area contributed by atoms with Crippen molar-refractivity contribution in [3.8, 4) is 5.75 Å². The number of hydrogen-bond donors (Lipinski definition) is 1. The van der Waals surface area contributed by atoms with E-state index in [0.29, 0.717) is 12.2 Å². The number of benzene rings is 1. The molecule has 0 aliphatic heterocycles. The predicted octanol–water partition coefficient (Wildman–Crippen LogP) is 2.97. The van der Waals surface area contributed by atoms with E-state index >= 15 is 0 Å². The lowest BCUT2D eigenvalue weighted by Crippen LogP contribution is -2.19. The first-order chi connectivity index (χ1) is 8.96. The SMILES string of the molecule is O[C@@H]1CCCc2ccc(OCOCC(F)(F)F)cc21. The number of aliphatic hydroxyl groups is 1. The zero-order valence-electron chi connectivity index (χ0n) is 10.2. The summed E-state index contributed by atoms with van der Waals surface area (Å²) >= 11 is 0. The van der Waals surface area contributed by atoms with Crippen molar-refractivity contribution in [2.24, 2.45) is 0 Å². The van der Waals surface area contributed by atoms with Gasteiger partial charge in [-0.25, -0.2) is 0 Å². The Morgan fingerprint density at radius 1 is 1.32 bits per heavy atom. The summed E-state index contributed by atoms with van der Waals surface area (Å²) in [6.45, 7) is -1.80. The van der Waals surface area contributed by atoms with Crippen molar-refractivity contribution in [1.82, 2.24) is 0 Å². The predicted molar refractivity (Wildman–Crippen MR) is 61.8 cm³/mol. The van der Waals surface area contributed by atoms with E-state index in [1.54, 1.807) is 12.1 Å². The minimum absolute atomic E-state index is 0.405. The van der Waals surface area contributed by atoms with Crippen LogP contribution in [0.5, 0.6) is 5.75 Å². The van der Waals surface area contributed by atoms with Crippen LogP contribution in [-0.4, -0.2) is 24.7 Å². The average Bonchev–Trinajstić information content (AvgIpc) is 2.34. The molecule has 0 bridgehead atoms. The van der Waals surface area contributed by atoms with Crippen LogP contribution in [0.1, 0.15) is 30.1 Å². The van der Waals surface area contributed by atoms with E-state index in [0.717, 1.165) is 24.0 Å². The molecule has 0 heterocycles. The number of aliphatic hydroxyl groups excluding tert-OH is 1. The molecule has 0 saturated carbocycles. The van der Waals surface area contributed by atoms with Crippen molar-refractivity contribution in [2.75, 3.05) is 13.4 Å². The first kappa shape index (κ1) is 14.1. The van der Waals surface area contributed by atoms with Gasteiger partial charge in [0, 0.05) is 0 Å². The molecule has 3 nitrogen and oxygen atoms in total. The largest absolute Gasteiger partial charge is 0.468 e. The summed E-state index contributed by atoms with van der Waals surface area (Å²) in [6.07, 6.45) is -2.35. The van der Waals surface area contributed by atoms with E-state index in [-0.39, 0.29) is 0 Å². The number of fused-ring (bicyclic) bond motifs is 1. The van der Waals surface area contributed by atoms with Crippen molar-refractivity contribution < 1.29 is 27.8 Å². The quantitative estimate of drug-likeness (QED) is 0.678. The number of rotatable bonds is 4. The van der Waals surface area contributed by atoms with Gasteiger partial charge in [-0.05, 0) is 42.5 Å². The van der Waals surface area contributed by atoms with E-state index in [4.69, 9.17) is 4.74 Å². The third kappa shape index (κ3) is 4.11. The van der Waals surface area contributed by atoms with Gasteiger partial charge in [-0.2, -0.15) is 13.2 Å². The van der Waals surface area contributed by atoms with Crippen LogP contribution in [0.3, 0.4) is 0 Å². The second-order valence-electron chi connectivity index (χ2n) is 4.49. The zero-order valence-corrected chi connectivity index (χ0v) is 10.2. The summed E-state index contributed by atoms with van der Waals surface area (Å²) < 4.78 is 45.0. The molecule has 1 aliphatic rings. The molecule has 2 rings (SSSR count). The number of halogens is 3. The first-order valence-electron chi connectivity index (χ1n) is 6.04. The molecule has 6 heteroatoms. The van der Waals surface area contributed by atoms with Crippen LogP contribution < -0.4 is 4.74 Å². The van der Waals surface area contributed by atoms with Crippen molar-refractivity contribution in [3.63, 3.8) is 0 Å². The fourth-order valence-electron chi connectivity index (χ4n) is 2.11. The van der Waals surface area contributed by atoms with Gasteiger partial charge in [0.25, 0.3) is 0 Å². The molecule has 1 aromatic rings. The van der Waals surface area contributed by atoms with Gasteiger partial charge >= 0.3 is 6.18 Å². The van der Waals surface area contributed by atoms with Gasteiger partial charge in [-0.15, -0.1) is 0 Å². The molecule has 0 spiro atoms. The Labute approximate surface area is 108 Å². The van der Waals surface area contributed by atoms with Crippen molar-refractivity contribution in [2.45, 2.75) is 31.5 Å². The number of alkyl halides is 3. The van der Waals surface area contributed by atoms with Crippen LogP contribution >= 0.6 is 0 Å². The Hall–Kier alpha value is -1.27. The van der Waals surface area contributed by atoms with Gasteiger partial charge < -0.3 is 14.6 Å². The Balaban J connectivity index is 1.89. The van der Waals surface area contributed by atoms with Gasteiger partial charge in [0.1, 0.15) is 12.4 Å². The van der Waals surface area contributed by atoms with E-state index < -0.39 is 25.7 Å². The molecule has 0 radical (unpaired) electrons. The molecule has 0 saturated heterocycles. The second kappa shape index (κ2) is 5.79. The Kier molecular flexibility index (Phi) is 4.31. The van der Waals surface area contributed by atoms with Crippen LogP contribution in [-0.2, 0) is 11.2 Å². The molecule has 0 unspecified atom stereocenters. The van der Waals surface area contributed by atoms with Crippen molar-refractivity contribution >= 4 is 0 Å². The lowest BCUT2D eigenvalue weighted by atomic mass is 9.89. The van der Waals surface area contributed by atoms with Gasteiger partial charge in [0.2, 0.25) is 0 Å². The van der Waals surface area contributed by atoms with Gasteiger partial charge in [0.05, 0.1) is 6.10 Å².